The first kappa shape index (κ1) is 17.5. The van der Waals surface area contributed by atoms with E-state index in [1.54, 1.807) is 0 Å². The van der Waals surface area contributed by atoms with Gasteiger partial charge in [-0.05, 0) is 31.0 Å². The zero-order valence-electron chi connectivity index (χ0n) is 15.6. The average molecular weight is 364 g/mol. The number of para-hydroxylation sites is 1. The number of aryl methyl sites for hydroxylation is 1. The molecule has 140 valence electrons. The van der Waals surface area contributed by atoms with E-state index in [2.05, 4.69) is 15.3 Å². The summed E-state index contributed by atoms with van der Waals surface area (Å²) in [5.41, 5.74) is 4.15. The lowest BCUT2D eigenvalue weighted by molar-refractivity contribution is -0.0657. The van der Waals surface area contributed by atoms with Crippen LogP contribution in [0.5, 0.6) is 0 Å². The van der Waals surface area contributed by atoms with Crippen LogP contribution >= 0.6 is 0 Å². The van der Waals surface area contributed by atoms with Crippen molar-refractivity contribution in [2.45, 2.75) is 32.6 Å². The molecule has 0 saturated carbocycles. The number of rotatable bonds is 3. The molecule has 2 amide bonds. The molecule has 1 fully saturated rings. The minimum Gasteiger partial charge on any atom is -0.367 e. The van der Waals surface area contributed by atoms with Crippen LogP contribution < -0.4 is 5.32 Å². The van der Waals surface area contributed by atoms with Crippen LogP contribution in [0.15, 0.2) is 48.5 Å². The summed E-state index contributed by atoms with van der Waals surface area (Å²) in [7, 11) is 0. The van der Waals surface area contributed by atoms with Gasteiger partial charge in [0.25, 0.3) is 0 Å². The van der Waals surface area contributed by atoms with Crippen LogP contribution in [0.1, 0.15) is 30.0 Å². The Morgan fingerprint density at radius 1 is 1.22 bits per heavy atom. The number of hydrogen-bond donors (Lipinski definition) is 2. The lowest BCUT2D eigenvalue weighted by Crippen LogP contribution is -2.49. The van der Waals surface area contributed by atoms with Crippen molar-refractivity contribution >= 4 is 17.1 Å². The van der Waals surface area contributed by atoms with Crippen molar-refractivity contribution in [2.24, 2.45) is 0 Å². The number of benzene rings is 2. The molecule has 1 saturated heterocycles. The molecule has 1 aliphatic heterocycles. The predicted octanol–water partition coefficient (Wildman–Crippen LogP) is 3.54. The van der Waals surface area contributed by atoms with Crippen molar-refractivity contribution in [3.63, 3.8) is 0 Å². The van der Waals surface area contributed by atoms with Crippen LogP contribution in [0, 0.1) is 6.92 Å². The van der Waals surface area contributed by atoms with Crippen LogP contribution in [-0.4, -0.2) is 40.1 Å². The summed E-state index contributed by atoms with van der Waals surface area (Å²) < 4.78 is 6.03. The third kappa shape index (κ3) is 3.80. The molecule has 0 spiro atoms. The molecular formula is C21H24N4O2. The van der Waals surface area contributed by atoms with E-state index in [-0.39, 0.29) is 18.2 Å². The maximum Gasteiger partial charge on any atom is 0.317 e. The van der Waals surface area contributed by atoms with Gasteiger partial charge in [0.05, 0.1) is 30.2 Å². The van der Waals surface area contributed by atoms with Crippen LogP contribution in [0.25, 0.3) is 11.0 Å². The highest BCUT2D eigenvalue weighted by molar-refractivity contribution is 5.79. The molecule has 27 heavy (non-hydrogen) atoms. The van der Waals surface area contributed by atoms with Gasteiger partial charge in [-0.2, -0.15) is 0 Å². The summed E-state index contributed by atoms with van der Waals surface area (Å²) in [5, 5.41) is 2.98. The number of imidazole rings is 1. The lowest BCUT2D eigenvalue weighted by Gasteiger charge is -2.37. The number of urea groups is 1. The second-order valence-electron chi connectivity index (χ2n) is 7.06. The Morgan fingerprint density at radius 2 is 2.04 bits per heavy atom. The number of aromatic amines is 1. The van der Waals surface area contributed by atoms with Gasteiger partial charge in [0, 0.05) is 6.54 Å². The summed E-state index contributed by atoms with van der Waals surface area (Å²) in [6.07, 6.45) is -0.113. The first-order valence-electron chi connectivity index (χ1n) is 9.27. The fourth-order valence-corrected chi connectivity index (χ4v) is 3.55. The molecule has 4 rings (SSSR count). The van der Waals surface area contributed by atoms with Crippen molar-refractivity contribution in [2.75, 3.05) is 13.1 Å². The highest BCUT2D eigenvalue weighted by Gasteiger charge is 2.29. The maximum atomic E-state index is 12.7. The minimum atomic E-state index is -0.102. The number of aromatic nitrogens is 2. The number of amides is 2. The second-order valence-corrected chi connectivity index (χ2v) is 7.06. The number of H-pyrrole nitrogens is 1. The molecule has 6 heteroatoms. The SMILES string of the molecule is Cc1cccc2[nH]c(CNC(=O)N3CC(C)OC(c4ccccc4)C3)nc12. The Labute approximate surface area is 158 Å². The van der Waals surface area contributed by atoms with Gasteiger partial charge in [-0.25, -0.2) is 9.78 Å². The quantitative estimate of drug-likeness (QED) is 0.747. The van der Waals surface area contributed by atoms with Crippen molar-refractivity contribution in [1.29, 1.82) is 0 Å². The van der Waals surface area contributed by atoms with E-state index in [1.807, 2.05) is 67.3 Å². The highest BCUT2D eigenvalue weighted by Crippen LogP contribution is 2.25. The second kappa shape index (κ2) is 7.40. The molecule has 2 aromatic carbocycles. The molecule has 0 bridgehead atoms. The molecule has 3 aromatic rings. The lowest BCUT2D eigenvalue weighted by atomic mass is 10.1. The Morgan fingerprint density at radius 3 is 2.81 bits per heavy atom. The number of fused-ring (bicyclic) bond motifs is 1. The number of morpholine rings is 1. The molecule has 0 aliphatic carbocycles. The van der Waals surface area contributed by atoms with E-state index in [0.29, 0.717) is 19.6 Å². The van der Waals surface area contributed by atoms with Gasteiger partial charge in [-0.15, -0.1) is 0 Å². The molecule has 1 aliphatic rings. The number of hydrogen-bond acceptors (Lipinski definition) is 3. The van der Waals surface area contributed by atoms with E-state index in [1.165, 1.54) is 0 Å². The van der Waals surface area contributed by atoms with Gasteiger partial charge in [-0.3, -0.25) is 0 Å². The van der Waals surface area contributed by atoms with Gasteiger partial charge >= 0.3 is 6.03 Å². The largest absolute Gasteiger partial charge is 0.367 e. The fourth-order valence-electron chi connectivity index (χ4n) is 3.55. The van der Waals surface area contributed by atoms with E-state index >= 15 is 0 Å². The Bertz CT molecular complexity index is 938. The monoisotopic (exact) mass is 364 g/mol. The number of carbonyl (C=O) groups is 1. The molecule has 6 nitrogen and oxygen atoms in total. The first-order chi connectivity index (χ1) is 13.1. The van der Waals surface area contributed by atoms with Gasteiger partial charge in [-0.1, -0.05) is 42.5 Å². The Kier molecular flexibility index (Phi) is 4.81. The summed E-state index contributed by atoms with van der Waals surface area (Å²) >= 11 is 0. The zero-order chi connectivity index (χ0) is 18.8. The van der Waals surface area contributed by atoms with Gasteiger partial charge in [0.2, 0.25) is 0 Å². The predicted molar refractivity (Wildman–Crippen MR) is 104 cm³/mol. The van der Waals surface area contributed by atoms with Gasteiger partial charge < -0.3 is 19.9 Å². The molecule has 1 aromatic heterocycles. The Hall–Kier alpha value is -2.86. The molecule has 2 unspecified atom stereocenters. The highest BCUT2D eigenvalue weighted by atomic mass is 16.5. The van der Waals surface area contributed by atoms with Crippen molar-refractivity contribution in [3.05, 3.63) is 65.5 Å². The zero-order valence-corrected chi connectivity index (χ0v) is 15.6. The fraction of sp³-hybridized carbons (Fsp3) is 0.333. The number of nitrogens with zero attached hydrogens (tertiary/aromatic N) is 2. The molecule has 0 radical (unpaired) electrons. The van der Waals surface area contributed by atoms with Crippen LogP contribution in [0.2, 0.25) is 0 Å². The number of nitrogens with one attached hydrogen (secondary N) is 2. The van der Waals surface area contributed by atoms with Crippen molar-refractivity contribution in [3.8, 4) is 0 Å². The summed E-state index contributed by atoms with van der Waals surface area (Å²) in [6.45, 7) is 5.52. The minimum absolute atomic E-state index is 0.0106. The normalized spacial score (nSPS) is 20.0. The Balaban J connectivity index is 1.41. The van der Waals surface area contributed by atoms with E-state index in [4.69, 9.17) is 4.74 Å². The number of carbonyl (C=O) groups excluding carboxylic acids is 1. The summed E-state index contributed by atoms with van der Waals surface area (Å²) in [5.74, 6) is 0.758. The van der Waals surface area contributed by atoms with Gasteiger partial charge in [0.15, 0.2) is 0 Å². The van der Waals surface area contributed by atoms with Crippen LogP contribution in [-0.2, 0) is 11.3 Å². The first-order valence-corrected chi connectivity index (χ1v) is 9.27. The van der Waals surface area contributed by atoms with Crippen molar-refractivity contribution < 1.29 is 9.53 Å². The van der Waals surface area contributed by atoms with Crippen molar-refractivity contribution in [1.82, 2.24) is 20.2 Å². The maximum absolute atomic E-state index is 12.7. The topological polar surface area (TPSA) is 70.2 Å². The summed E-state index contributed by atoms with van der Waals surface area (Å²) in [6, 6.07) is 16.0. The van der Waals surface area contributed by atoms with E-state index in [9.17, 15) is 4.79 Å². The number of ether oxygens (including phenoxy) is 1. The third-order valence-electron chi connectivity index (χ3n) is 4.89. The summed E-state index contributed by atoms with van der Waals surface area (Å²) in [4.78, 5) is 22.4. The average Bonchev–Trinajstić information content (AvgIpc) is 3.11. The van der Waals surface area contributed by atoms with Gasteiger partial charge in [0.1, 0.15) is 11.9 Å². The molecule has 2 heterocycles. The van der Waals surface area contributed by atoms with Crippen LogP contribution in [0.3, 0.4) is 0 Å². The third-order valence-corrected chi connectivity index (χ3v) is 4.89. The van der Waals surface area contributed by atoms with E-state index in [0.717, 1.165) is 28.0 Å². The molecule has 2 atom stereocenters. The molecular weight excluding hydrogens is 340 g/mol. The smallest absolute Gasteiger partial charge is 0.317 e. The standard InChI is InChI=1S/C21H24N4O2/c1-14-7-6-10-17-20(14)24-19(23-17)11-22-21(26)25-12-15(2)27-18(13-25)16-8-4-3-5-9-16/h3-10,15,18H,11-13H2,1-2H3,(H,22,26)(H,23,24). The molecule has 2 N–H and O–H groups in total. The van der Waals surface area contributed by atoms with E-state index < -0.39 is 0 Å². The van der Waals surface area contributed by atoms with Crippen LogP contribution in [0.4, 0.5) is 4.79 Å².